The molecule has 0 spiro atoms. The highest BCUT2D eigenvalue weighted by molar-refractivity contribution is 7.99. The van der Waals surface area contributed by atoms with Crippen LogP contribution < -0.4 is 11.3 Å². The van der Waals surface area contributed by atoms with Crippen LogP contribution in [0.5, 0.6) is 0 Å². The molecule has 0 aromatic carbocycles. The molecule has 6 heteroatoms. The van der Waals surface area contributed by atoms with Gasteiger partial charge in [0.25, 0.3) is 5.56 Å². The van der Waals surface area contributed by atoms with Gasteiger partial charge in [-0.1, -0.05) is 11.8 Å². The molecule has 0 bridgehead atoms. The zero-order valence-corrected chi connectivity index (χ0v) is 10.2. The Kier molecular flexibility index (Phi) is 3.65. The highest BCUT2D eigenvalue weighted by Gasteiger charge is 2.16. The molecule has 17 heavy (non-hydrogen) atoms. The summed E-state index contributed by atoms with van der Waals surface area (Å²) in [5.74, 6) is 1.63. The molecule has 2 heterocycles. The quantitative estimate of drug-likeness (QED) is 0.635. The van der Waals surface area contributed by atoms with E-state index in [1.54, 1.807) is 0 Å². The fourth-order valence-electron chi connectivity index (χ4n) is 1.40. The predicted molar refractivity (Wildman–Crippen MR) is 66.0 cm³/mol. The van der Waals surface area contributed by atoms with Gasteiger partial charge in [-0.2, -0.15) is 0 Å². The zero-order valence-electron chi connectivity index (χ0n) is 9.34. The molecule has 2 aromatic heterocycles. The Labute approximate surface area is 102 Å². The van der Waals surface area contributed by atoms with Gasteiger partial charge in [0, 0.05) is 18.8 Å². The lowest BCUT2D eigenvalue weighted by Gasteiger charge is -2.10. The summed E-state index contributed by atoms with van der Waals surface area (Å²) in [5.41, 5.74) is 5.53. The van der Waals surface area contributed by atoms with Gasteiger partial charge in [-0.15, -0.1) is 0 Å². The molecule has 2 aromatic rings. The predicted octanol–water partition coefficient (Wildman–Crippen LogP) is 1.46. The standard InChI is InChI=1S/C11H13N3O2S/c1-7-2-3-8(16-7)9(6-12)17-11-13-5-4-10(15)14-11/h2-5,9H,6,12H2,1H3,(H,13,14,15). The summed E-state index contributed by atoms with van der Waals surface area (Å²) in [6, 6.07) is 5.15. The number of nitrogens with zero attached hydrogens (tertiary/aromatic N) is 1. The normalized spacial score (nSPS) is 12.6. The third-order valence-electron chi connectivity index (χ3n) is 2.19. The van der Waals surface area contributed by atoms with Crippen LogP contribution in [0.1, 0.15) is 16.8 Å². The lowest BCUT2D eigenvalue weighted by molar-refractivity contribution is 0.481. The maximum absolute atomic E-state index is 11.1. The van der Waals surface area contributed by atoms with Gasteiger partial charge in [0.2, 0.25) is 0 Å². The van der Waals surface area contributed by atoms with Gasteiger partial charge < -0.3 is 15.1 Å². The Bertz CT molecular complexity index is 549. The monoisotopic (exact) mass is 251 g/mol. The van der Waals surface area contributed by atoms with E-state index in [4.69, 9.17) is 10.2 Å². The van der Waals surface area contributed by atoms with Crippen LogP contribution in [0.4, 0.5) is 0 Å². The van der Waals surface area contributed by atoms with E-state index in [-0.39, 0.29) is 10.8 Å². The first-order valence-corrected chi connectivity index (χ1v) is 6.05. The van der Waals surface area contributed by atoms with Crippen LogP contribution in [0, 0.1) is 6.92 Å². The van der Waals surface area contributed by atoms with Crippen LogP contribution in [0.25, 0.3) is 0 Å². The lowest BCUT2D eigenvalue weighted by Crippen LogP contribution is -2.11. The number of H-pyrrole nitrogens is 1. The molecule has 0 amide bonds. The van der Waals surface area contributed by atoms with Crippen LogP contribution in [-0.4, -0.2) is 16.5 Å². The SMILES string of the molecule is Cc1ccc(C(CN)Sc2nccc(=O)[nH]2)o1. The van der Waals surface area contributed by atoms with E-state index < -0.39 is 0 Å². The maximum Gasteiger partial charge on any atom is 0.251 e. The van der Waals surface area contributed by atoms with Crippen molar-refractivity contribution >= 4 is 11.8 Å². The molecule has 1 atom stereocenters. The average Bonchev–Trinajstić information content (AvgIpc) is 2.73. The van der Waals surface area contributed by atoms with Crippen LogP contribution in [0.3, 0.4) is 0 Å². The topological polar surface area (TPSA) is 84.9 Å². The van der Waals surface area contributed by atoms with Crippen molar-refractivity contribution in [3.05, 3.63) is 46.3 Å². The minimum atomic E-state index is -0.172. The fourth-order valence-corrected chi connectivity index (χ4v) is 2.29. The first-order valence-electron chi connectivity index (χ1n) is 5.17. The molecule has 3 N–H and O–H groups in total. The van der Waals surface area contributed by atoms with E-state index in [1.165, 1.54) is 24.0 Å². The largest absolute Gasteiger partial charge is 0.465 e. The first kappa shape index (κ1) is 11.9. The highest BCUT2D eigenvalue weighted by atomic mass is 32.2. The molecule has 0 radical (unpaired) electrons. The van der Waals surface area contributed by atoms with Crippen molar-refractivity contribution in [3.8, 4) is 0 Å². The lowest BCUT2D eigenvalue weighted by atomic mass is 10.3. The van der Waals surface area contributed by atoms with Crippen LogP contribution in [0.15, 0.2) is 38.8 Å². The summed E-state index contributed by atoms with van der Waals surface area (Å²) in [7, 11) is 0. The maximum atomic E-state index is 11.1. The third-order valence-corrected chi connectivity index (χ3v) is 3.33. The summed E-state index contributed by atoms with van der Waals surface area (Å²) >= 11 is 1.38. The minimum Gasteiger partial charge on any atom is -0.465 e. The van der Waals surface area contributed by atoms with Crippen LogP contribution in [-0.2, 0) is 0 Å². The number of aryl methyl sites for hydroxylation is 1. The van der Waals surface area contributed by atoms with E-state index in [2.05, 4.69) is 9.97 Å². The summed E-state index contributed by atoms with van der Waals surface area (Å²) in [5, 5.41) is 0.497. The second kappa shape index (κ2) is 5.20. The summed E-state index contributed by atoms with van der Waals surface area (Å²) in [6.45, 7) is 2.29. The van der Waals surface area contributed by atoms with Gasteiger partial charge in [0.15, 0.2) is 5.16 Å². The molecule has 1 unspecified atom stereocenters. The van der Waals surface area contributed by atoms with Gasteiger partial charge in [-0.05, 0) is 19.1 Å². The number of hydrogen-bond acceptors (Lipinski definition) is 5. The van der Waals surface area contributed by atoms with Crippen LogP contribution >= 0.6 is 11.8 Å². The fraction of sp³-hybridized carbons (Fsp3) is 0.273. The number of thioether (sulfide) groups is 1. The number of aromatic amines is 1. The molecular formula is C11H13N3O2S. The third kappa shape index (κ3) is 2.98. The molecule has 0 aliphatic rings. The smallest absolute Gasteiger partial charge is 0.251 e. The second-order valence-corrected chi connectivity index (χ2v) is 4.72. The van der Waals surface area contributed by atoms with Crippen molar-refractivity contribution in [3.63, 3.8) is 0 Å². The summed E-state index contributed by atoms with van der Waals surface area (Å²) in [6.07, 6.45) is 1.47. The van der Waals surface area contributed by atoms with Gasteiger partial charge in [0.1, 0.15) is 11.5 Å². The molecule has 0 aliphatic heterocycles. The van der Waals surface area contributed by atoms with E-state index >= 15 is 0 Å². The van der Waals surface area contributed by atoms with Crippen molar-refractivity contribution < 1.29 is 4.42 Å². The van der Waals surface area contributed by atoms with Gasteiger partial charge in [0.05, 0.1) is 5.25 Å². The molecule has 0 aliphatic carbocycles. The van der Waals surface area contributed by atoms with Crippen molar-refractivity contribution in [1.82, 2.24) is 9.97 Å². The molecule has 0 saturated carbocycles. The van der Waals surface area contributed by atoms with Crippen molar-refractivity contribution in [2.45, 2.75) is 17.3 Å². The first-order chi connectivity index (χ1) is 8.19. The average molecular weight is 251 g/mol. The summed E-state index contributed by atoms with van der Waals surface area (Å²) in [4.78, 5) is 17.9. The van der Waals surface area contributed by atoms with Gasteiger partial charge in [-0.3, -0.25) is 4.79 Å². The van der Waals surface area contributed by atoms with Crippen molar-refractivity contribution in [1.29, 1.82) is 0 Å². The number of rotatable bonds is 4. The zero-order chi connectivity index (χ0) is 12.3. The summed E-state index contributed by atoms with van der Waals surface area (Å²) < 4.78 is 5.52. The Morgan fingerprint density at radius 1 is 1.53 bits per heavy atom. The van der Waals surface area contributed by atoms with Crippen LogP contribution in [0.2, 0.25) is 0 Å². The van der Waals surface area contributed by atoms with Crippen molar-refractivity contribution in [2.24, 2.45) is 5.73 Å². The van der Waals surface area contributed by atoms with E-state index in [1.807, 2.05) is 19.1 Å². The Hall–Kier alpha value is -1.53. The van der Waals surface area contributed by atoms with E-state index in [9.17, 15) is 4.79 Å². The Morgan fingerprint density at radius 3 is 2.94 bits per heavy atom. The number of aromatic nitrogens is 2. The molecule has 90 valence electrons. The number of hydrogen-bond donors (Lipinski definition) is 2. The highest BCUT2D eigenvalue weighted by Crippen LogP contribution is 2.32. The minimum absolute atomic E-state index is 0.0470. The molecule has 2 rings (SSSR count). The molecule has 5 nitrogen and oxygen atoms in total. The van der Waals surface area contributed by atoms with E-state index in [0.29, 0.717) is 11.7 Å². The van der Waals surface area contributed by atoms with Crippen molar-refractivity contribution in [2.75, 3.05) is 6.54 Å². The molecule has 0 fully saturated rings. The number of nitrogens with two attached hydrogens (primary N) is 1. The second-order valence-electron chi connectivity index (χ2n) is 3.53. The Morgan fingerprint density at radius 2 is 2.35 bits per heavy atom. The van der Waals surface area contributed by atoms with Gasteiger partial charge in [-0.25, -0.2) is 4.98 Å². The van der Waals surface area contributed by atoms with E-state index in [0.717, 1.165) is 11.5 Å². The number of furan rings is 1. The number of nitrogens with one attached hydrogen (secondary N) is 1. The van der Waals surface area contributed by atoms with Gasteiger partial charge >= 0.3 is 0 Å². The molecular weight excluding hydrogens is 238 g/mol. The molecule has 0 saturated heterocycles. The Balaban J connectivity index is 2.18.